The van der Waals surface area contributed by atoms with Crippen molar-refractivity contribution >= 4 is 17.0 Å². The van der Waals surface area contributed by atoms with Crippen LogP contribution in [0.5, 0.6) is 0 Å². The highest BCUT2D eigenvalue weighted by Crippen LogP contribution is 2.19. The van der Waals surface area contributed by atoms with Crippen molar-refractivity contribution in [2.75, 3.05) is 13.2 Å². The molecule has 7 heteroatoms. The lowest BCUT2D eigenvalue weighted by molar-refractivity contribution is 0.0148. The quantitative estimate of drug-likeness (QED) is 0.798. The van der Waals surface area contributed by atoms with Gasteiger partial charge in [-0.15, -0.1) is 0 Å². The lowest BCUT2D eigenvalue weighted by Crippen LogP contribution is -2.12. The molecule has 1 N–H and O–H groups in total. The van der Waals surface area contributed by atoms with Crippen LogP contribution in [-0.4, -0.2) is 40.3 Å². The molecule has 0 radical (unpaired) electrons. The molecule has 0 aliphatic carbocycles. The Bertz CT molecular complexity index is 640. The van der Waals surface area contributed by atoms with E-state index in [1.165, 1.54) is 12.1 Å². The van der Waals surface area contributed by atoms with Gasteiger partial charge in [0, 0.05) is 13.0 Å². The van der Waals surface area contributed by atoms with Gasteiger partial charge < -0.3 is 14.4 Å². The summed E-state index contributed by atoms with van der Waals surface area (Å²) in [6.45, 7) is 1.81. The number of carboxylic acid groups (broad SMARTS) is 1. The number of alkyl halides is 2. The van der Waals surface area contributed by atoms with E-state index in [0.717, 1.165) is 5.82 Å². The predicted molar refractivity (Wildman–Crippen MR) is 72.9 cm³/mol. The zero-order valence-corrected chi connectivity index (χ0v) is 11.6. The first-order valence-electron chi connectivity index (χ1n) is 6.61. The second kappa shape index (κ2) is 6.62. The van der Waals surface area contributed by atoms with Gasteiger partial charge >= 0.3 is 5.97 Å². The maximum Gasteiger partial charge on any atom is 0.335 e. The van der Waals surface area contributed by atoms with Gasteiger partial charge in [-0.05, 0) is 18.2 Å². The van der Waals surface area contributed by atoms with Crippen molar-refractivity contribution in [2.45, 2.75) is 26.3 Å². The molecule has 0 amide bonds. The van der Waals surface area contributed by atoms with Crippen LogP contribution in [-0.2, 0) is 17.7 Å². The molecule has 0 bridgehead atoms. The molecule has 0 aliphatic rings. The Hall–Kier alpha value is -2.02. The number of nitrogens with zero attached hydrogens (tertiary/aromatic N) is 2. The largest absolute Gasteiger partial charge is 0.478 e. The van der Waals surface area contributed by atoms with Gasteiger partial charge in [0.05, 0.1) is 23.2 Å². The molecule has 21 heavy (non-hydrogen) atoms. The monoisotopic (exact) mass is 298 g/mol. The summed E-state index contributed by atoms with van der Waals surface area (Å²) in [4.78, 5) is 15.4. The van der Waals surface area contributed by atoms with Gasteiger partial charge in [-0.3, -0.25) is 0 Å². The Balaban J connectivity index is 2.26. The zero-order valence-electron chi connectivity index (χ0n) is 11.6. The van der Waals surface area contributed by atoms with E-state index in [1.807, 2.05) is 11.5 Å². The Morgan fingerprint density at radius 1 is 1.48 bits per heavy atom. The van der Waals surface area contributed by atoms with Gasteiger partial charge in [0.15, 0.2) is 0 Å². The number of aromatic nitrogens is 2. The van der Waals surface area contributed by atoms with Gasteiger partial charge in [-0.1, -0.05) is 6.92 Å². The third-order valence-corrected chi connectivity index (χ3v) is 3.09. The summed E-state index contributed by atoms with van der Waals surface area (Å²) in [6.07, 6.45) is -1.83. The van der Waals surface area contributed by atoms with Crippen LogP contribution in [0.4, 0.5) is 8.78 Å². The normalized spacial score (nSPS) is 11.4. The maximum atomic E-state index is 12.0. The average Bonchev–Trinajstić information content (AvgIpc) is 2.80. The number of hydrogen-bond acceptors (Lipinski definition) is 3. The first-order chi connectivity index (χ1) is 10.0. The van der Waals surface area contributed by atoms with Crippen LogP contribution in [0.15, 0.2) is 18.2 Å². The molecule has 0 fully saturated rings. The number of aromatic carboxylic acids is 1. The highest BCUT2D eigenvalue weighted by Gasteiger charge is 2.12. The first kappa shape index (κ1) is 15.4. The first-order valence-corrected chi connectivity index (χ1v) is 6.61. The summed E-state index contributed by atoms with van der Waals surface area (Å²) in [5.74, 6) is -0.246. The lowest BCUT2D eigenvalue weighted by atomic mass is 10.2. The molecular weight excluding hydrogens is 282 g/mol. The van der Waals surface area contributed by atoms with E-state index in [2.05, 4.69) is 4.98 Å². The number of carbonyl (C=O) groups is 1. The van der Waals surface area contributed by atoms with Gasteiger partial charge in [0.2, 0.25) is 0 Å². The molecule has 2 aromatic rings. The zero-order chi connectivity index (χ0) is 15.4. The molecular formula is C14H16F2N2O3. The second-order valence-corrected chi connectivity index (χ2v) is 4.51. The van der Waals surface area contributed by atoms with E-state index >= 15 is 0 Å². The molecule has 1 aromatic carbocycles. The van der Waals surface area contributed by atoms with Gasteiger partial charge in [0.25, 0.3) is 6.43 Å². The molecule has 1 aromatic heterocycles. The number of halogens is 2. The Kier molecular flexibility index (Phi) is 4.85. The minimum Gasteiger partial charge on any atom is -0.478 e. The molecule has 0 saturated heterocycles. The summed E-state index contributed by atoms with van der Waals surface area (Å²) in [5, 5.41) is 9.04. The molecule has 5 nitrogen and oxygen atoms in total. The van der Waals surface area contributed by atoms with E-state index in [4.69, 9.17) is 9.84 Å². The highest BCUT2D eigenvalue weighted by molar-refractivity contribution is 5.92. The smallest absolute Gasteiger partial charge is 0.335 e. The molecule has 0 atom stereocenters. The second-order valence-electron chi connectivity index (χ2n) is 4.51. The third kappa shape index (κ3) is 3.55. The van der Waals surface area contributed by atoms with Gasteiger partial charge in [-0.2, -0.15) is 0 Å². The number of carboxylic acids is 1. The van der Waals surface area contributed by atoms with Crippen LogP contribution in [0, 0.1) is 0 Å². The van der Waals surface area contributed by atoms with Crippen LogP contribution < -0.4 is 0 Å². The van der Waals surface area contributed by atoms with E-state index < -0.39 is 19.0 Å². The van der Waals surface area contributed by atoms with Crippen molar-refractivity contribution in [3.05, 3.63) is 29.6 Å². The van der Waals surface area contributed by atoms with E-state index in [9.17, 15) is 13.6 Å². The molecule has 0 unspecified atom stereocenters. The number of ether oxygens (including phenoxy) is 1. The molecule has 0 aliphatic heterocycles. The average molecular weight is 298 g/mol. The number of aryl methyl sites for hydroxylation is 1. The standard InChI is InChI=1S/C14H16F2N2O3/c1-2-13-17-10-4-3-9(14(19)20)7-11(10)18(13)5-6-21-8-12(15)16/h3-4,7,12H,2,5-6,8H2,1H3,(H,19,20). The van der Waals surface area contributed by atoms with Crippen molar-refractivity contribution in [1.29, 1.82) is 0 Å². The Morgan fingerprint density at radius 2 is 2.24 bits per heavy atom. The third-order valence-electron chi connectivity index (χ3n) is 3.09. The van der Waals surface area contributed by atoms with Crippen LogP contribution >= 0.6 is 0 Å². The summed E-state index contributed by atoms with van der Waals surface area (Å²) in [5.41, 5.74) is 1.53. The fraction of sp³-hybridized carbons (Fsp3) is 0.429. The van der Waals surface area contributed by atoms with Gasteiger partial charge in [0.1, 0.15) is 12.4 Å². The molecule has 0 saturated carbocycles. The van der Waals surface area contributed by atoms with Gasteiger partial charge in [-0.25, -0.2) is 18.6 Å². The molecule has 2 rings (SSSR count). The van der Waals surface area contributed by atoms with Crippen LogP contribution in [0.2, 0.25) is 0 Å². The van der Waals surface area contributed by atoms with E-state index in [-0.39, 0.29) is 12.2 Å². The summed E-state index contributed by atoms with van der Waals surface area (Å²) < 4.78 is 30.8. The fourth-order valence-corrected chi connectivity index (χ4v) is 2.15. The minimum absolute atomic E-state index is 0.125. The maximum absolute atomic E-state index is 12.0. The highest BCUT2D eigenvalue weighted by atomic mass is 19.3. The van der Waals surface area contributed by atoms with Crippen molar-refractivity contribution in [1.82, 2.24) is 9.55 Å². The van der Waals surface area contributed by atoms with Crippen LogP contribution in [0.1, 0.15) is 23.1 Å². The number of fused-ring (bicyclic) bond motifs is 1. The van der Waals surface area contributed by atoms with E-state index in [0.29, 0.717) is 24.0 Å². The minimum atomic E-state index is -2.49. The Morgan fingerprint density at radius 3 is 2.86 bits per heavy atom. The SMILES string of the molecule is CCc1nc2ccc(C(=O)O)cc2n1CCOCC(F)F. The topological polar surface area (TPSA) is 64.3 Å². The number of imidazole rings is 1. The molecule has 114 valence electrons. The predicted octanol–water partition coefficient (Wildman–Crippen LogP) is 2.58. The number of benzene rings is 1. The summed E-state index contributed by atoms with van der Waals surface area (Å²) in [7, 11) is 0. The summed E-state index contributed by atoms with van der Waals surface area (Å²) in [6, 6.07) is 4.68. The Labute approximate surface area is 120 Å². The molecule has 0 spiro atoms. The van der Waals surface area contributed by atoms with Crippen molar-refractivity contribution in [3.8, 4) is 0 Å². The van der Waals surface area contributed by atoms with Crippen LogP contribution in [0.3, 0.4) is 0 Å². The number of rotatable bonds is 7. The van der Waals surface area contributed by atoms with Crippen LogP contribution in [0.25, 0.3) is 11.0 Å². The van der Waals surface area contributed by atoms with Crippen molar-refractivity contribution in [3.63, 3.8) is 0 Å². The summed E-state index contributed by atoms with van der Waals surface area (Å²) >= 11 is 0. The fourth-order valence-electron chi connectivity index (χ4n) is 2.15. The number of hydrogen-bond donors (Lipinski definition) is 1. The molecule has 1 heterocycles. The van der Waals surface area contributed by atoms with Crippen molar-refractivity contribution in [2.24, 2.45) is 0 Å². The van der Waals surface area contributed by atoms with Crippen molar-refractivity contribution < 1.29 is 23.4 Å². The lowest BCUT2D eigenvalue weighted by Gasteiger charge is -2.09. The van der Waals surface area contributed by atoms with E-state index in [1.54, 1.807) is 6.07 Å².